The van der Waals surface area contributed by atoms with Crippen molar-refractivity contribution in [3.05, 3.63) is 65.0 Å². The summed E-state index contributed by atoms with van der Waals surface area (Å²) in [4.78, 5) is 24.0. The van der Waals surface area contributed by atoms with Crippen LogP contribution in [0.5, 0.6) is 0 Å². The summed E-state index contributed by atoms with van der Waals surface area (Å²) >= 11 is 0. The highest BCUT2D eigenvalue weighted by molar-refractivity contribution is 6.00. The summed E-state index contributed by atoms with van der Waals surface area (Å²) < 4.78 is 50.7. The number of carbonyl (C=O) groups is 2. The number of benzene rings is 2. The molecule has 0 spiro atoms. The van der Waals surface area contributed by atoms with Crippen molar-refractivity contribution in [1.29, 1.82) is 0 Å². The summed E-state index contributed by atoms with van der Waals surface area (Å²) in [5, 5.41) is 2.98. The number of nitrogens with zero attached hydrogens (tertiary/aromatic N) is 1. The SMILES string of the molecule is Nc1ccc(F)cc1C(=O)N(N)CC(=O)NCc1ccc(C(F)(F)F)cc1. The summed E-state index contributed by atoms with van der Waals surface area (Å²) in [7, 11) is 0. The van der Waals surface area contributed by atoms with Gasteiger partial charge in [-0.1, -0.05) is 12.1 Å². The number of hydrogen-bond donors (Lipinski definition) is 3. The van der Waals surface area contributed by atoms with Crippen molar-refractivity contribution >= 4 is 17.5 Å². The second-order valence-corrected chi connectivity index (χ2v) is 5.64. The maximum atomic E-state index is 13.2. The molecule has 0 aliphatic heterocycles. The minimum Gasteiger partial charge on any atom is -0.398 e. The van der Waals surface area contributed by atoms with E-state index in [2.05, 4.69) is 5.32 Å². The van der Waals surface area contributed by atoms with Crippen LogP contribution in [-0.4, -0.2) is 23.4 Å². The minimum absolute atomic E-state index is 0.00186. The van der Waals surface area contributed by atoms with Crippen LogP contribution >= 0.6 is 0 Å². The Hall–Kier alpha value is -3.14. The first kappa shape index (κ1) is 20.2. The molecule has 0 aliphatic rings. The van der Waals surface area contributed by atoms with Gasteiger partial charge in [0.15, 0.2) is 0 Å². The van der Waals surface area contributed by atoms with Crippen molar-refractivity contribution in [2.24, 2.45) is 5.84 Å². The predicted octanol–water partition coefficient (Wildman–Crippen LogP) is 2.06. The third-order valence-corrected chi connectivity index (χ3v) is 3.59. The van der Waals surface area contributed by atoms with Crippen LogP contribution in [0.4, 0.5) is 23.2 Å². The average Bonchev–Trinajstić information content (AvgIpc) is 2.61. The van der Waals surface area contributed by atoms with Crippen LogP contribution in [0.25, 0.3) is 0 Å². The van der Waals surface area contributed by atoms with Gasteiger partial charge in [0.2, 0.25) is 5.91 Å². The molecule has 0 aliphatic carbocycles. The Morgan fingerprint density at radius 3 is 2.30 bits per heavy atom. The van der Waals surface area contributed by atoms with Crippen LogP contribution in [-0.2, 0) is 17.5 Å². The number of anilines is 1. The average molecular weight is 384 g/mol. The fraction of sp³-hybridized carbons (Fsp3) is 0.176. The predicted molar refractivity (Wildman–Crippen MR) is 89.3 cm³/mol. The Bertz CT molecular complexity index is 838. The molecule has 0 aromatic heterocycles. The van der Waals surface area contributed by atoms with Crippen molar-refractivity contribution in [3.63, 3.8) is 0 Å². The van der Waals surface area contributed by atoms with E-state index in [1.165, 1.54) is 18.2 Å². The molecule has 0 heterocycles. The fourth-order valence-electron chi connectivity index (χ4n) is 2.16. The van der Waals surface area contributed by atoms with Crippen molar-refractivity contribution < 1.29 is 27.2 Å². The lowest BCUT2D eigenvalue weighted by Crippen LogP contribution is -2.45. The molecule has 0 unspecified atom stereocenters. The lowest BCUT2D eigenvalue weighted by atomic mass is 10.1. The molecule has 10 heteroatoms. The minimum atomic E-state index is -4.44. The highest BCUT2D eigenvalue weighted by atomic mass is 19.4. The van der Waals surface area contributed by atoms with E-state index in [-0.39, 0.29) is 17.8 Å². The maximum Gasteiger partial charge on any atom is 0.416 e. The van der Waals surface area contributed by atoms with Crippen LogP contribution in [0.1, 0.15) is 21.5 Å². The van der Waals surface area contributed by atoms with E-state index in [1.54, 1.807) is 0 Å². The van der Waals surface area contributed by atoms with Crippen molar-refractivity contribution in [2.75, 3.05) is 12.3 Å². The number of amides is 2. The first-order valence-electron chi connectivity index (χ1n) is 7.62. The second kappa shape index (κ2) is 8.04. The van der Waals surface area contributed by atoms with E-state index in [4.69, 9.17) is 11.6 Å². The van der Waals surface area contributed by atoms with Crippen LogP contribution in [0, 0.1) is 5.82 Å². The number of rotatable bonds is 5. The number of hydrogen-bond acceptors (Lipinski definition) is 4. The van der Waals surface area contributed by atoms with Gasteiger partial charge in [-0.15, -0.1) is 0 Å². The topological polar surface area (TPSA) is 101 Å². The van der Waals surface area contributed by atoms with E-state index in [1.807, 2.05) is 0 Å². The Labute approximate surface area is 151 Å². The van der Waals surface area contributed by atoms with Crippen molar-refractivity contribution in [1.82, 2.24) is 10.3 Å². The number of alkyl halides is 3. The second-order valence-electron chi connectivity index (χ2n) is 5.64. The summed E-state index contributed by atoms with van der Waals surface area (Å²) in [5.74, 6) is 3.34. The Kier molecular flexibility index (Phi) is 6.01. The van der Waals surface area contributed by atoms with Crippen LogP contribution in [0.2, 0.25) is 0 Å². The Balaban J connectivity index is 1.91. The molecule has 0 saturated heterocycles. The lowest BCUT2D eigenvalue weighted by molar-refractivity contribution is -0.137. The lowest BCUT2D eigenvalue weighted by Gasteiger charge is -2.17. The summed E-state index contributed by atoms with van der Waals surface area (Å²) in [5.41, 5.74) is 5.03. The van der Waals surface area contributed by atoms with Gasteiger partial charge in [0.1, 0.15) is 12.4 Å². The van der Waals surface area contributed by atoms with Gasteiger partial charge in [0.05, 0.1) is 11.1 Å². The molecule has 5 N–H and O–H groups in total. The Morgan fingerprint density at radius 2 is 1.70 bits per heavy atom. The number of nitrogen functional groups attached to an aromatic ring is 1. The molecule has 2 aromatic carbocycles. The van der Waals surface area contributed by atoms with E-state index >= 15 is 0 Å². The van der Waals surface area contributed by atoms with Gasteiger partial charge in [-0.25, -0.2) is 10.2 Å². The summed E-state index contributed by atoms with van der Waals surface area (Å²) in [6.45, 7) is -0.601. The third kappa shape index (κ3) is 5.42. The van der Waals surface area contributed by atoms with Gasteiger partial charge < -0.3 is 11.1 Å². The molecule has 2 rings (SSSR count). The Morgan fingerprint density at radius 1 is 1.07 bits per heavy atom. The monoisotopic (exact) mass is 384 g/mol. The van der Waals surface area contributed by atoms with Gasteiger partial charge in [-0.2, -0.15) is 13.2 Å². The van der Waals surface area contributed by atoms with E-state index in [0.717, 1.165) is 24.3 Å². The van der Waals surface area contributed by atoms with Crippen LogP contribution < -0.4 is 16.9 Å². The standard InChI is InChI=1S/C17H16F4N4O2/c18-12-5-6-14(22)13(7-12)16(27)25(23)9-15(26)24-8-10-1-3-11(4-2-10)17(19,20)21/h1-7H,8-9,22-23H2,(H,24,26). The van der Waals surface area contributed by atoms with Crippen molar-refractivity contribution in [3.8, 4) is 0 Å². The molecule has 6 nitrogen and oxygen atoms in total. The smallest absolute Gasteiger partial charge is 0.398 e. The molecule has 0 atom stereocenters. The zero-order valence-corrected chi connectivity index (χ0v) is 13.9. The molecule has 0 radical (unpaired) electrons. The zero-order chi connectivity index (χ0) is 20.2. The molecule has 0 bridgehead atoms. The highest BCUT2D eigenvalue weighted by Gasteiger charge is 2.29. The first-order chi connectivity index (χ1) is 12.6. The summed E-state index contributed by atoms with van der Waals surface area (Å²) in [6.07, 6.45) is -4.44. The van der Waals surface area contributed by atoms with Gasteiger partial charge in [-0.3, -0.25) is 14.6 Å². The van der Waals surface area contributed by atoms with Crippen molar-refractivity contribution in [2.45, 2.75) is 12.7 Å². The van der Waals surface area contributed by atoms with E-state index in [0.29, 0.717) is 10.6 Å². The normalized spacial score (nSPS) is 11.1. The van der Waals surface area contributed by atoms with E-state index < -0.39 is 35.9 Å². The largest absolute Gasteiger partial charge is 0.416 e. The summed E-state index contributed by atoms with van der Waals surface area (Å²) in [6, 6.07) is 7.41. The van der Waals surface area contributed by atoms with Crippen LogP contribution in [0.15, 0.2) is 42.5 Å². The molecule has 2 amide bonds. The van der Waals surface area contributed by atoms with Gasteiger partial charge >= 0.3 is 6.18 Å². The first-order valence-corrected chi connectivity index (χ1v) is 7.62. The number of nitrogens with one attached hydrogen (secondary N) is 1. The van der Waals surface area contributed by atoms with Gasteiger partial charge in [-0.05, 0) is 35.9 Å². The number of hydrazine groups is 1. The molecular weight excluding hydrogens is 368 g/mol. The number of carbonyl (C=O) groups excluding carboxylic acids is 2. The van der Waals surface area contributed by atoms with Gasteiger partial charge in [0.25, 0.3) is 5.91 Å². The fourth-order valence-corrected chi connectivity index (χ4v) is 2.16. The third-order valence-electron chi connectivity index (χ3n) is 3.59. The van der Waals surface area contributed by atoms with E-state index in [9.17, 15) is 27.2 Å². The maximum absolute atomic E-state index is 13.2. The molecule has 27 heavy (non-hydrogen) atoms. The van der Waals surface area contributed by atoms with Crippen LogP contribution in [0.3, 0.4) is 0 Å². The molecule has 2 aromatic rings. The molecule has 0 saturated carbocycles. The quantitative estimate of drug-likeness (QED) is 0.241. The van der Waals surface area contributed by atoms with Gasteiger partial charge in [0, 0.05) is 12.2 Å². The molecule has 0 fully saturated rings. The highest BCUT2D eigenvalue weighted by Crippen LogP contribution is 2.29. The molecular formula is C17H16F4N4O2. The number of nitrogens with two attached hydrogens (primary N) is 2. The molecule has 144 valence electrons. The number of halogens is 4. The zero-order valence-electron chi connectivity index (χ0n) is 13.9.